The van der Waals surface area contributed by atoms with Gasteiger partial charge in [-0.2, -0.15) is 8.42 Å². The van der Waals surface area contributed by atoms with Crippen molar-refractivity contribution in [2.45, 2.75) is 36.4 Å². The Kier molecular flexibility index (Phi) is 3.35. The number of hydrogen-bond donors (Lipinski definition) is 2. The van der Waals surface area contributed by atoms with Crippen LogP contribution in [-0.4, -0.2) is 37.7 Å². The second kappa shape index (κ2) is 4.94. The van der Waals surface area contributed by atoms with Crippen LogP contribution in [0.4, 0.5) is 0 Å². The predicted octanol–water partition coefficient (Wildman–Crippen LogP) is 0.824. The molecule has 2 aliphatic rings. The van der Waals surface area contributed by atoms with Crippen LogP contribution in [0.25, 0.3) is 0 Å². The van der Waals surface area contributed by atoms with E-state index in [0.29, 0.717) is 0 Å². The summed E-state index contributed by atoms with van der Waals surface area (Å²) in [4.78, 5) is 11.1. The number of nitrogens with one attached hydrogen (secondary N) is 1. The van der Waals surface area contributed by atoms with Crippen LogP contribution in [0, 0.1) is 6.92 Å². The molecule has 2 N–H and O–H groups in total. The Morgan fingerprint density at radius 2 is 2.00 bits per heavy atom. The van der Waals surface area contributed by atoms with Crippen molar-refractivity contribution in [2.24, 2.45) is 0 Å². The molecule has 21 heavy (non-hydrogen) atoms. The third-order valence-corrected chi connectivity index (χ3v) is 5.05. The van der Waals surface area contributed by atoms with Gasteiger partial charge in [0, 0.05) is 18.0 Å². The van der Waals surface area contributed by atoms with Crippen LogP contribution in [0.3, 0.4) is 0 Å². The lowest BCUT2D eigenvalue weighted by atomic mass is 9.97. The molecular formula is C14H15NO5S. The quantitative estimate of drug-likeness (QED) is 0.630. The van der Waals surface area contributed by atoms with E-state index in [2.05, 4.69) is 5.32 Å². The number of hydrogen-bond acceptors (Lipinski definition) is 5. The van der Waals surface area contributed by atoms with Crippen molar-refractivity contribution in [2.75, 3.05) is 0 Å². The van der Waals surface area contributed by atoms with Gasteiger partial charge in [-0.3, -0.25) is 4.18 Å². The first-order chi connectivity index (χ1) is 9.87. The molecule has 0 aromatic heterocycles. The maximum Gasteiger partial charge on any atom is 0.331 e. The average molecular weight is 309 g/mol. The summed E-state index contributed by atoms with van der Waals surface area (Å²) in [6.07, 6.45) is 1.01. The van der Waals surface area contributed by atoms with Crippen LogP contribution in [0.15, 0.2) is 40.8 Å². The van der Waals surface area contributed by atoms with Crippen molar-refractivity contribution >= 4 is 16.1 Å². The van der Waals surface area contributed by atoms with Gasteiger partial charge >= 0.3 is 5.97 Å². The van der Waals surface area contributed by atoms with Gasteiger partial charge in [0.15, 0.2) is 0 Å². The molecule has 0 radical (unpaired) electrons. The Labute approximate surface area is 122 Å². The number of rotatable bonds is 4. The maximum atomic E-state index is 12.2. The molecule has 1 aromatic rings. The van der Waals surface area contributed by atoms with Crippen LogP contribution < -0.4 is 5.32 Å². The monoisotopic (exact) mass is 309 g/mol. The molecule has 1 heterocycles. The Morgan fingerprint density at radius 1 is 1.33 bits per heavy atom. The highest BCUT2D eigenvalue weighted by molar-refractivity contribution is 7.86. The first-order valence-electron chi connectivity index (χ1n) is 6.57. The fourth-order valence-corrected chi connectivity index (χ4v) is 3.55. The van der Waals surface area contributed by atoms with E-state index in [0.717, 1.165) is 5.56 Å². The third kappa shape index (κ3) is 2.85. The van der Waals surface area contributed by atoms with E-state index in [1.165, 1.54) is 12.1 Å². The van der Waals surface area contributed by atoms with E-state index in [1.807, 2.05) is 6.92 Å². The van der Waals surface area contributed by atoms with E-state index >= 15 is 0 Å². The van der Waals surface area contributed by atoms with Crippen LogP contribution in [-0.2, 0) is 19.1 Å². The summed E-state index contributed by atoms with van der Waals surface area (Å²) in [5.41, 5.74) is 1.14. The van der Waals surface area contributed by atoms with E-state index < -0.39 is 22.2 Å². The molecule has 3 rings (SSSR count). The molecule has 0 spiro atoms. The Balaban J connectivity index is 1.79. The summed E-state index contributed by atoms with van der Waals surface area (Å²) in [7, 11) is -3.89. The maximum absolute atomic E-state index is 12.2. The minimum atomic E-state index is -3.89. The van der Waals surface area contributed by atoms with Gasteiger partial charge in [0.1, 0.15) is 0 Å². The SMILES string of the molecule is Cc1ccc(S(=O)(=O)O[C@@H]2CC(C(=O)O)=C[C@@H]3N[C@H]32)cc1. The van der Waals surface area contributed by atoms with Crippen molar-refractivity contribution in [1.82, 2.24) is 5.32 Å². The van der Waals surface area contributed by atoms with Crippen molar-refractivity contribution in [1.29, 1.82) is 0 Å². The molecular weight excluding hydrogens is 294 g/mol. The van der Waals surface area contributed by atoms with Crippen LogP contribution in [0.1, 0.15) is 12.0 Å². The topological polar surface area (TPSA) is 103 Å². The summed E-state index contributed by atoms with van der Waals surface area (Å²) < 4.78 is 29.7. The van der Waals surface area contributed by atoms with Gasteiger partial charge in [-0.25, -0.2) is 4.79 Å². The zero-order valence-corrected chi connectivity index (χ0v) is 12.1. The lowest BCUT2D eigenvalue weighted by Gasteiger charge is -2.19. The molecule has 0 saturated carbocycles. The lowest BCUT2D eigenvalue weighted by Crippen LogP contribution is -2.30. The van der Waals surface area contributed by atoms with Gasteiger partial charge in [-0.15, -0.1) is 0 Å². The molecule has 1 aliphatic heterocycles. The highest BCUT2D eigenvalue weighted by Crippen LogP contribution is 2.32. The smallest absolute Gasteiger partial charge is 0.331 e. The second-order valence-corrected chi connectivity index (χ2v) is 6.89. The number of carboxylic acids is 1. The highest BCUT2D eigenvalue weighted by Gasteiger charge is 2.48. The zero-order chi connectivity index (χ0) is 15.2. The molecule has 6 nitrogen and oxygen atoms in total. The second-order valence-electron chi connectivity index (χ2n) is 5.32. The number of fused-ring (bicyclic) bond motifs is 1. The summed E-state index contributed by atoms with van der Waals surface area (Å²) in [6, 6.07) is 6.12. The molecule has 1 fully saturated rings. The minimum Gasteiger partial charge on any atom is -0.478 e. The summed E-state index contributed by atoms with van der Waals surface area (Å²) >= 11 is 0. The Morgan fingerprint density at radius 3 is 2.62 bits per heavy atom. The van der Waals surface area contributed by atoms with Gasteiger partial charge in [-0.1, -0.05) is 23.8 Å². The number of aryl methyl sites for hydroxylation is 1. The number of aliphatic carboxylic acids is 1. The van der Waals surface area contributed by atoms with E-state index in [1.54, 1.807) is 18.2 Å². The summed E-state index contributed by atoms with van der Waals surface area (Å²) in [5.74, 6) is -1.04. The molecule has 0 amide bonds. The number of benzene rings is 1. The fraction of sp³-hybridized carbons (Fsp3) is 0.357. The van der Waals surface area contributed by atoms with Gasteiger partial charge in [0.25, 0.3) is 10.1 Å². The average Bonchev–Trinajstić information content (AvgIpc) is 3.18. The first kappa shape index (κ1) is 14.2. The molecule has 112 valence electrons. The Bertz CT molecular complexity index is 707. The predicted molar refractivity (Wildman–Crippen MR) is 74.3 cm³/mol. The van der Waals surface area contributed by atoms with Crippen LogP contribution >= 0.6 is 0 Å². The molecule has 7 heteroatoms. The van der Waals surface area contributed by atoms with Crippen molar-refractivity contribution < 1.29 is 22.5 Å². The van der Waals surface area contributed by atoms with Crippen LogP contribution in [0.5, 0.6) is 0 Å². The van der Waals surface area contributed by atoms with E-state index in [9.17, 15) is 13.2 Å². The molecule has 1 saturated heterocycles. The van der Waals surface area contributed by atoms with Crippen molar-refractivity contribution in [3.63, 3.8) is 0 Å². The molecule has 3 atom stereocenters. The zero-order valence-electron chi connectivity index (χ0n) is 11.3. The highest BCUT2D eigenvalue weighted by atomic mass is 32.2. The van der Waals surface area contributed by atoms with Crippen LogP contribution in [0.2, 0.25) is 0 Å². The summed E-state index contributed by atoms with van der Waals surface area (Å²) in [6.45, 7) is 1.86. The summed E-state index contributed by atoms with van der Waals surface area (Å²) in [5, 5.41) is 12.1. The molecule has 1 aromatic carbocycles. The van der Waals surface area contributed by atoms with Crippen molar-refractivity contribution in [3.05, 3.63) is 41.5 Å². The van der Waals surface area contributed by atoms with Gasteiger partial charge < -0.3 is 10.4 Å². The Hall–Kier alpha value is -1.70. The lowest BCUT2D eigenvalue weighted by molar-refractivity contribution is -0.133. The number of carboxylic acid groups (broad SMARTS) is 1. The first-order valence-corrected chi connectivity index (χ1v) is 7.97. The van der Waals surface area contributed by atoms with E-state index in [-0.39, 0.29) is 29.0 Å². The largest absolute Gasteiger partial charge is 0.478 e. The van der Waals surface area contributed by atoms with Gasteiger partial charge in [-0.05, 0) is 19.1 Å². The molecule has 0 bridgehead atoms. The fourth-order valence-electron chi connectivity index (χ4n) is 2.46. The minimum absolute atomic E-state index is 0.0780. The standard InChI is InChI=1S/C14H15NO5S/c1-8-2-4-10(5-3-8)21(18,19)20-12-7-9(14(16)17)6-11-13(12)15-11/h2-6,11-13,15H,7H2,1H3,(H,16,17)/t11-,12+,13+/m0/s1. The number of carbonyl (C=O) groups is 1. The third-order valence-electron chi connectivity index (χ3n) is 3.70. The molecule has 0 unspecified atom stereocenters. The van der Waals surface area contributed by atoms with E-state index in [4.69, 9.17) is 9.29 Å². The van der Waals surface area contributed by atoms with Crippen molar-refractivity contribution in [3.8, 4) is 0 Å². The molecule has 1 aliphatic carbocycles. The normalized spacial score (nSPS) is 27.7. The van der Waals surface area contributed by atoms with Gasteiger partial charge in [0.05, 0.1) is 17.0 Å². The van der Waals surface area contributed by atoms with Gasteiger partial charge in [0.2, 0.25) is 0 Å².